The third-order valence-corrected chi connectivity index (χ3v) is 5.42. The smallest absolute Gasteiger partial charge is 0.191 e. The van der Waals surface area contributed by atoms with Crippen LogP contribution < -0.4 is 20.3 Å². The lowest BCUT2D eigenvalue weighted by molar-refractivity contribution is 0.410. The standard InChI is InChI=1S/C25H35N7O.HI/c1-4-24-30-29-20-32(24)18-16-27-25(28-19-21-11-8-9-14-23(21)33-3)26-15-10-17-31(2)22-12-6-5-7-13-22;/h5-9,11-14,20H,4,10,15-19H2,1-3H3,(H2,26,27,28);1H. The van der Waals surface area contributed by atoms with Crippen molar-refractivity contribution in [1.82, 2.24) is 25.4 Å². The summed E-state index contributed by atoms with van der Waals surface area (Å²) in [7, 11) is 3.81. The largest absolute Gasteiger partial charge is 0.496 e. The van der Waals surface area contributed by atoms with Crippen molar-refractivity contribution < 1.29 is 4.74 Å². The van der Waals surface area contributed by atoms with Crippen LogP contribution in [-0.4, -0.2) is 54.5 Å². The third kappa shape index (κ3) is 8.51. The van der Waals surface area contributed by atoms with E-state index in [0.29, 0.717) is 6.54 Å². The average Bonchev–Trinajstić information content (AvgIpc) is 3.32. The number of aromatic nitrogens is 3. The lowest BCUT2D eigenvalue weighted by atomic mass is 10.2. The Morgan fingerprint density at radius 3 is 2.56 bits per heavy atom. The molecule has 0 bridgehead atoms. The van der Waals surface area contributed by atoms with E-state index in [9.17, 15) is 0 Å². The molecule has 0 aliphatic carbocycles. The molecule has 0 saturated heterocycles. The van der Waals surface area contributed by atoms with E-state index in [2.05, 4.69) is 68.5 Å². The van der Waals surface area contributed by atoms with E-state index >= 15 is 0 Å². The Morgan fingerprint density at radius 1 is 1.06 bits per heavy atom. The number of nitrogens with one attached hydrogen (secondary N) is 2. The first-order valence-electron chi connectivity index (χ1n) is 11.5. The number of para-hydroxylation sites is 2. The zero-order valence-electron chi connectivity index (χ0n) is 20.3. The van der Waals surface area contributed by atoms with Crippen LogP contribution in [0.5, 0.6) is 5.75 Å². The zero-order valence-corrected chi connectivity index (χ0v) is 22.6. The van der Waals surface area contributed by atoms with Crippen LogP contribution in [0.2, 0.25) is 0 Å². The summed E-state index contributed by atoms with van der Waals surface area (Å²) in [5.74, 6) is 2.62. The molecule has 3 rings (SSSR count). The fraction of sp³-hybridized carbons (Fsp3) is 0.400. The molecule has 0 radical (unpaired) electrons. The fourth-order valence-corrected chi connectivity index (χ4v) is 3.54. The van der Waals surface area contributed by atoms with Crippen LogP contribution >= 0.6 is 24.0 Å². The van der Waals surface area contributed by atoms with E-state index < -0.39 is 0 Å². The maximum absolute atomic E-state index is 5.47. The number of aryl methyl sites for hydroxylation is 1. The molecule has 184 valence electrons. The molecule has 0 fully saturated rings. The highest BCUT2D eigenvalue weighted by Crippen LogP contribution is 2.17. The topological polar surface area (TPSA) is 79.6 Å². The minimum Gasteiger partial charge on any atom is -0.496 e. The maximum Gasteiger partial charge on any atom is 0.191 e. The second-order valence-electron chi connectivity index (χ2n) is 7.74. The van der Waals surface area contributed by atoms with Crippen LogP contribution in [-0.2, 0) is 19.5 Å². The summed E-state index contributed by atoms with van der Waals surface area (Å²) in [5.41, 5.74) is 2.28. The van der Waals surface area contributed by atoms with Gasteiger partial charge in [-0.1, -0.05) is 43.3 Å². The number of benzene rings is 2. The summed E-state index contributed by atoms with van der Waals surface area (Å²) in [4.78, 5) is 7.06. The van der Waals surface area contributed by atoms with Crippen molar-refractivity contribution in [2.45, 2.75) is 32.9 Å². The first-order valence-corrected chi connectivity index (χ1v) is 11.5. The van der Waals surface area contributed by atoms with Gasteiger partial charge in [-0.25, -0.2) is 4.99 Å². The van der Waals surface area contributed by atoms with Gasteiger partial charge < -0.3 is 24.8 Å². The highest BCUT2D eigenvalue weighted by atomic mass is 127. The summed E-state index contributed by atoms with van der Waals surface area (Å²) in [6.07, 6.45) is 3.63. The number of hydrogen-bond donors (Lipinski definition) is 2. The van der Waals surface area contributed by atoms with Crippen molar-refractivity contribution in [3.8, 4) is 5.75 Å². The molecule has 0 aliphatic heterocycles. The predicted octanol–water partition coefficient (Wildman–Crippen LogP) is 3.73. The summed E-state index contributed by atoms with van der Waals surface area (Å²) in [5, 5.41) is 15.1. The number of guanidine groups is 1. The second-order valence-corrected chi connectivity index (χ2v) is 7.74. The van der Waals surface area contributed by atoms with E-state index in [4.69, 9.17) is 9.73 Å². The summed E-state index contributed by atoms with van der Waals surface area (Å²) in [6.45, 7) is 5.91. The first-order chi connectivity index (χ1) is 16.2. The third-order valence-electron chi connectivity index (χ3n) is 5.42. The SMILES string of the molecule is CCc1nncn1CCNC(=NCc1ccccc1OC)NCCCN(C)c1ccccc1.I. The number of halogens is 1. The lowest BCUT2D eigenvalue weighted by Gasteiger charge is -2.20. The molecule has 2 N–H and O–H groups in total. The van der Waals surface area contributed by atoms with E-state index in [1.165, 1.54) is 5.69 Å². The van der Waals surface area contributed by atoms with Crippen LogP contribution in [0.15, 0.2) is 65.9 Å². The molecule has 0 aliphatic rings. The monoisotopic (exact) mass is 577 g/mol. The Labute approximate surface area is 219 Å². The van der Waals surface area contributed by atoms with E-state index in [-0.39, 0.29) is 24.0 Å². The highest BCUT2D eigenvalue weighted by Gasteiger charge is 2.05. The number of nitrogens with zero attached hydrogens (tertiary/aromatic N) is 5. The van der Waals surface area contributed by atoms with Crippen molar-refractivity contribution in [2.24, 2.45) is 4.99 Å². The molecular formula is C25H36IN7O. The zero-order chi connectivity index (χ0) is 23.3. The lowest BCUT2D eigenvalue weighted by Crippen LogP contribution is -2.40. The van der Waals surface area contributed by atoms with Crippen LogP contribution in [0.25, 0.3) is 0 Å². The minimum atomic E-state index is 0. The van der Waals surface area contributed by atoms with Gasteiger partial charge in [-0.3, -0.25) is 0 Å². The van der Waals surface area contributed by atoms with Crippen LogP contribution in [0, 0.1) is 0 Å². The van der Waals surface area contributed by atoms with E-state index in [1.807, 2.05) is 30.3 Å². The van der Waals surface area contributed by atoms with Gasteiger partial charge in [0.25, 0.3) is 0 Å². The number of anilines is 1. The molecule has 34 heavy (non-hydrogen) atoms. The normalized spacial score (nSPS) is 11.0. The number of rotatable bonds is 12. The molecule has 3 aromatic rings. The highest BCUT2D eigenvalue weighted by molar-refractivity contribution is 14.0. The summed E-state index contributed by atoms with van der Waals surface area (Å²) in [6, 6.07) is 18.4. The van der Waals surface area contributed by atoms with Gasteiger partial charge >= 0.3 is 0 Å². The maximum atomic E-state index is 5.47. The first kappa shape index (κ1) is 27.4. The second kappa shape index (κ2) is 15.2. The number of methoxy groups -OCH3 is 1. The van der Waals surface area contributed by atoms with Crippen molar-refractivity contribution in [2.75, 3.05) is 38.7 Å². The molecule has 0 unspecified atom stereocenters. The van der Waals surface area contributed by atoms with Crippen molar-refractivity contribution in [3.63, 3.8) is 0 Å². The number of hydrogen-bond acceptors (Lipinski definition) is 5. The van der Waals surface area contributed by atoms with Gasteiger partial charge in [0.2, 0.25) is 0 Å². The van der Waals surface area contributed by atoms with Gasteiger partial charge in [0.1, 0.15) is 17.9 Å². The van der Waals surface area contributed by atoms with Crippen molar-refractivity contribution >= 4 is 35.6 Å². The van der Waals surface area contributed by atoms with Crippen LogP contribution in [0.1, 0.15) is 24.7 Å². The van der Waals surface area contributed by atoms with Crippen LogP contribution in [0.4, 0.5) is 5.69 Å². The van der Waals surface area contributed by atoms with Gasteiger partial charge in [-0.05, 0) is 24.6 Å². The molecule has 0 saturated carbocycles. The van der Waals surface area contributed by atoms with E-state index in [0.717, 1.165) is 62.1 Å². The molecule has 0 atom stereocenters. The number of aliphatic imine (C=N–C) groups is 1. The Bertz CT molecular complexity index is 994. The minimum absolute atomic E-state index is 0. The van der Waals surface area contributed by atoms with E-state index in [1.54, 1.807) is 13.4 Å². The Morgan fingerprint density at radius 2 is 1.79 bits per heavy atom. The van der Waals surface area contributed by atoms with Gasteiger partial charge in [0, 0.05) is 50.9 Å². The Kier molecular flexibility index (Phi) is 12.2. The molecule has 0 spiro atoms. The molecular weight excluding hydrogens is 541 g/mol. The van der Waals surface area contributed by atoms with Gasteiger partial charge in [0.15, 0.2) is 5.96 Å². The predicted molar refractivity (Wildman–Crippen MR) is 149 cm³/mol. The fourth-order valence-electron chi connectivity index (χ4n) is 3.54. The molecule has 9 heteroatoms. The summed E-state index contributed by atoms with van der Waals surface area (Å²) >= 11 is 0. The molecule has 1 heterocycles. The van der Waals surface area contributed by atoms with Crippen molar-refractivity contribution in [3.05, 3.63) is 72.3 Å². The van der Waals surface area contributed by atoms with Crippen molar-refractivity contribution in [1.29, 1.82) is 0 Å². The molecule has 1 aromatic heterocycles. The molecule has 0 amide bonds. The van der Waals surface area contributed by atoms with Gasteiger partial charge in [-0.2, -0.15) is 0 Å². The Hall–Kier alpha value is -2.82. The summed E-state index contributed by atoms with van der Waals surface area (Å²) < 4.78 is 7.54. The molecule has 2 aromatic carbocycles. The van der Waals surface area contributed by atoms with Gasteiger partial charge in [-0.15, -0.1) is 34.2 Å². The molecule has 8 nitrogen and oxygen atoms in total. The average molecular weight is 578 g/mol. The van der Waals surface area contributed by atoms with Crippen LogP contribution in [0.3, 0.4) is 0 Å². The number of ether oxygens (including phenoxy) is 1. The quantitative estimate of drug-likeness (QED) is 0.148. The Balaban J connectivity index is 0.00000408. The van der Waals surface area contributed by atoms with Gasteiger partial charge in [0.05, 0.1) is 13.7 Å².